The molecule has 0 saturated carbocycles. The van der Waals surface area contributed by atoms with Crippen LogP contribution in [0.2, 0.25) is 0 Å². The Morgan fingerprint density at radius 3 is 1.95 bits per heavy atom. The molecule has 0 aliphatic heterocycles. The van der Waals surface area contributed by atoms with E-state index in [-0.39, 0.29) is 0 Å². The van der Waals surface area contributed by atoms with Crippen molar-refractivity contribution in [1.82, 2.24) is 0 Å². The van der Waals surface area contributed by atoms with Crippen molar-refractivity contribution >= 4 is 0 Å². The van der Waals surface area contributed by atoms with Gasteiger partial charge >= 0.3 is 0 Å². The minimum absolute atomic E-state index is 0.603. The van der Waals surface area contributed by atoms with Gasteiger partial charge in [0, 0.05) is 7.11 Å². The van der Waals surface area contributed by atoms with Gasteiger partial charge in [-0.05, 0) is 18.9 Å². The molecule has 132 valence electrons. The highest BCUT2D eigenvalue weighted by molar-refractivity contribution is 4.73. The van der Waals surface area contributed by atoms with Crippen LogP contribution in [0.15, 0.2) is 12.3 Å². The van der Waals surface area contributed by atoms with Gasteiger partial charge < -0.3 is 18.9 Å². The van der Waals surface area contributed by atoms with E-state index in [0.29, 0.717) is 39.6 Å². The lowest BCUT2D eigenvalue weighted by Gasteiger charge is -2.05. The van der Waals surface area contributed by atoms with Crippen LogP contribution >= 0.6 is 0 Å². The Hall–Kier alpha value is -0.580. The maximum atomic E-state index is 5.38. The number of hydrogen-bond donors (Lipinski definition) is 0. The third-order valence-corrected chi connectivity index (χ3v) is 3.32. The van der Waals surface area contributed by atoms with E-state index in [4.69, 9.17) is 18.9 Å². The van der Waals surface area contributed by atoms with Gasteiger partial charge in [0.05, 0.1) is 39.3 Å². The second-order valence-electron chi connectivity index (χ2n) is 5.37. The van der Waals surface area contributed by atoms with Crippen LogP contribution in [0, 0.1) is 0 Å². The summed E-state index contributed by atoms with van der Waals surface area (Å²) in [6.45, 7) is 5.93. The quantitative estimate of drug-likeness (QED) is 0.278. The summed E-state index contributed by atoms with van der Waals surface area (Å²) < 4.78 is 20.9. The van der Waals surface area contributed by atoms with E-state index >= 15 is 0 Å². The minimum Gasteiger partial charge on any atom is -0.499 e. The Labute approximate surface area is 137 Å². The predicted molar refractivity (Wildman–Crippen MR) is 91.2 cm³/mol. The van der Waals surface area contributed by atoms with Crippen LogP contribution < -0.4 is 0 Å². The van der Waals surface area contributed by atoms with Gasteiger partial charge in [0.25, 0.3) is 0 Å². The van der Waals surface area contributed by atoms with Crippen molar-refractivity contribution in [2.75, 3.05) is 46.8 Å². The van der Waals surface area contributed by atoms with Crippen LogP contribution in [0.4, 0.5) is 0 Å². The van der Waals surface area contributed by atoms with E-state index in [1.807, 2.05) is 0 Å². The fourth-order valence-corrected chi connectivity index (χ4v) is 1.99. The van der Waals surface area contributed by atoms with Crippen molar-refractivity contribution in [3.63, 3.8) is 0 Å². The van der Waals surface area contributed by atoms with Gasteiger partial charge in [-0.2, -0.15) is 0 Å². The van der Waals surface area contributed by atoms with Crippen molar-refractivity contribution in [2.24, 2.45) is 0 Å². The molecule has 0 aromatic carbocycles. The summed E-state index contributed by atoms with van der Waals surface area (Å²) in [7, 11) is 1.67. The number of rotatable bonds is 18. The van der Waals surface area contributed by atoms with Gasteiger partial charge in [0.2, 0.25) is 0 Å². The van der Waals surface area contributed by atoms with Crippen molar-refractivity contribution in [2.45, 2.75) is 58.3 Å². The SMILES string of the molecule is CCCCCCCCC/C=C/OCCOCCOCCOC. The molecule has 0 bridgehead atoms. The lowest BCUT2D eigenvalue weighted by Crippen LogP contribution is -2.10. The summed E-state index contributed by atoms with van der Waals surface area (Å²) in [6.07, 6.45) is 14.5. The smallest absolute Gasteiger partial charge is 0.111 e. The molecule has 0 aliphatic rings. The lowest BCUT2D eigenvalue weighted by molar-refractivity contribution is 0.0143. The van der Waals surface area contributed by atoms with Crippen LogP contribution in [-0.2, 0) is 18.9 Å². The van der Waals surface area contributed by atoms with E-state index in [0.717, 1.165) is 6.42 Å². The fraction of sp³-hybridized carbons (Fsp3) is 0.889. The summed E-state index contributed by atoms with van der Waals surface area (Å²) >= 11 is 0. The highest BCUT2D eigenvalue weighted by Gasteiger charge is 1.91. The molecular formula is C18H36O4. The van der Waals surface area contributed by atoms with E-state index in [9.17, 15) is 0 Å². The number of ether oxygens (including phenoxy) is 4. The molecule has 0 atom stereocenters. The molecule has 0 spiro atoms. The first-order chi connectivity index (χ1) is 10.9. The van der Waals surface area contributed by atoms with Gasteiger partial charge in [-0.15, -0.1) is 0 Å². The zero-order valence-electron chi connectivity index (χ0n) is 14.7. The maximum absolute atomic E-state index is 5.38. The molecule has 0 saturated heterocycles. The minimum atomic E-state index is 0.603. The topological polar surface area (TPSA) is 36.9 Å². The fourth-order valence-electron chi connectivity index (χ4n) is 1.99. The number of methoxy groups -OCH3 is 1. The second-order valence-corrected chi connectivity index (χ2v) is 5.37. The molecule has 0 aliphatic carbocycles. The first-order valence-electron chi connectivity index (χ1n) is 8.82. The average molecular weight is 316 g/mol. The van der Waals surface area contributed by atoms with Crippen LogP contribution in [0.3, 0.4) is 0 Å². The normalized spacial score (nSPS) is 11.4. The van der Waals surface area contributed by atoms with E-state index in [1.54, 1.807) is 13.4 Å². The third-order valence-electron chi connectivity index (χ3n) is 3.32. The highest BCUT2D eigenvalue weighted by atomic mass is 16.5. The number of hydrogen-bond acceptors (Lipinski definition) is 4. The van der Waals surface area contributed by atoms with Crippen LogP contribution in [0.1, 0.15) is 58.3 Å². The predicted octanol–water partition coefficient (Wildman–Crippen LogP) is 4.34. The van der Waals surface area contributed by atoms with Gasteiger partial charge in [-0.1, -0.05) is 45.4 Å². The standard InChI is InChI=1S/C18H36O4/c1-3-4-5-6-7-8-9-10-11-12-20-15-16-22-18-17-21-14-13-19-2/h11-12H,3-10,13-18H2,1-2H3/b12-11+. The Morgan fingerprint density at radius 2 is 1.27 bits per heavy atom. The van der Waals surface area contributed by atoms with E-state index < -0.39 is 0 Å². The Morgan fingerprint density at radius 1 is 0.682 bits per heavy atom. The maximum Gasteiger partial charge on any atom is 0.111 e. The molecule has 0 aromatic rings. The molecule has 4 nitrogen and oxygen atoms in total. The molecule has 4 heteroatoms. The molecule has 0 unspecified atom stereocenters. The summed E-state index contributed by atoms with van der Waals surface area (Å²) in [5, 5.41) is 0. The molecule has 0 rings (SSSR count). The second kappa shape index (κ2) is 20.4. The zero-order chi connectivity index (χ0) is 16.1. The largest absolute Gasteiger partial charge is 0.499 e. The molecule has 22 heavy (non-hydrogen) atoms. The Kier molecular flexibility index (Phi) is 19.9. The average Bonchev–Trinajstić information content (AvgIpc) is 2.54. The molecule has 0 amide bonds. The molecule has 0 N–H and O–H groups in total. The molecule has 0 aromatic heterocycles. The van der Waals surface area contributed by atoms with Crippen molar-refractivity contribution in [3.05, 3.63) is 12.3 Å². The Balaban J connectivity index is 3.02. The summed E-state index contributed by atoms with van der Waals surface area (Å²) in [5.41, 5.74) is 0. The number of unbranched alkanes of at least 4 members (excludes halogenated alkanes) is 7. The molecule has 0 heterocycles. The summed E-state index contributed by atoms with van der Waals surface area (Å²) in [5.74, 6) is 0. The molecular weight excluding hydrogens is 280 g/mol. The van der Waals surface area contributed by atoms with E-state index in [1.165, 1.54) is 44.9 Å². The summed E-state index contributed by atoms with van der Waals surface area (Å²) in [6, 6.07) is 0. The Bertz CT molecular complexity index is 219. The summed E-state index contributed by atoms with van der Waals surface area (Å²) in [4.78, 5) is 0. The van der Waals surface area contributed by atoms with Gasteiger partial charge in [0.15, 0.2) is 0 Å². The van der Waals surface area contributed by atoms with Gasteiger partial charge in [-0.3, -0.25) is 0 Å². The monoisotopic (exact) mass is 316 g/mol. The van der Waals surface area contributed by atoms with Crippen LogP contribution in [0.5, 0.6) is 0 Å². The van der Waals surface area contributed by atoms with Crippen LogP contribution in [0.25, 0.3) is 0 Å². The first-order valence-corrected chi connectivity index (χ1v) is 8.82. The van der Waals surface area contributed by atoms with Gasteiger partial charge in [-0.25, -0.2) is 0 Å². The third kappa shape index (κ3) is 19.4. The van der Waals surface area contributed by atoms with Gasteiger partial charge in [0.1, 0.15) is 6.61 Å². The van der Waals surface area contributed by atoms with Crippen molar-refractivity contribution < 1.29 is 18.9 Å². The van der Waals surface area contributed by atoms with Crippen LogP contribution in [-0.4, -0.2) is 46.8 Å². The molecule has 0 fully saturated rings. The lowest BCUT2D eigenvalue weighted by atomic mass is 10.1. The highest BCUT2D eigenvalue weighted by Crippen LogP contribution is 2.08. The first kappa shape index (κ1) is 21.4. The van der Waals surface area contributed by atoms with E-state index in [2.05, 4.69) is 13.0 Å². The van der Waals surface area contributed by atoms with Crippen molar-refractivity contribution in [3.8, 4) is 0 Å². The number of allylic oxidation sites excluding steroid dienone is 1. The zero-order valence-corrected chi connectivity index (χ0v) is 14.7. The molecule has 0 radical (unpaired) electrons. The van der Waals surface area contributed by atoms with Crippen molar-refractivity contribution in [1.29, 1.82) is 0 Å².